The van der Waals surface area contributed by atoms with Gasteiger partial charge in [-0.15, -0.1) is 11.3 Å². The number of hydrogen-bond acceptors (Lipinski definition) is 3. The van der Waals surface area contributed by atoms with Gasteiger partial charge in [0.2, 0.25) is 0 Å². The quantitative estimate of drug-likeness (QED) is 0.736. The van der Waals surface area contributed by atoms with E-state index < -0.39 is 0 Å². The summed E-state index contributed by atoms with van der Waals surface area (Å²) in [5.74, 6) is 0.771. The fraction of sp³-hybridized carbons (Fsp3) is 0.111. The molecule has 14 heavy (non-hydrogen) atoms. The van der Waals surface area contributed by atoms with Crippen molar-refractivity contribution >= 4 is 43.2 Å². The maximum absolute atomic E-state index is 4.37. The minimum atomic E-state index is 0.771. The van der Waals surface area contributed by atoms with Gasteiger partial charge in [0.1, 0.15) is 4.60 Å². The lowest BCUT2D eigenvalue weighted by atomic mass is 10.4. The van der Waals surface area contributed by atoms with Crippen molar-refractivity contribution in [1.82, 2.24) is 9.97 Å². The van der Waals surface area contributed by atoms with Gasteiger partial charge in [0.05, 0.1) is 8.66 Å². The van der Waals surface area contributed by atoms with Crippen molar-refractivity contribution in [2.75, 3.05) is 0 Å². The summed E-state index contributed by atoms with van der Waals surface area (Å²) >= 11 is 8.41. The SMILES string of the molecule is Cc1cc(Br)nc(-c2ccc(Br)s2)n1. The Bertz CT molecular complexity index is 447. The Morgan fingerprint density at radius 1 is 1.21 bits per heavy atom. The molecule has 0 N–H and O–H groups in total. The van der Waals surface area contributed by atoms with Crippen molar-refractivity contribution in [3.63, 3.8) is 0 Å². The van der Waals surface area contributed by atoms with E-state index in [1.54, 1.807) is 11.3 Å². The van der Waals surface area contributed by atoms with Crippen LogP contribution in [0, 0.1) is 6.92 Å². The lowest BCUT2D eigenvalue weighted by molar-refractivity contribution is 1.10. The summed E-state index contributed by atoms with van der Waals surface area (Å²) in [6, 6.07) is 5.90. The first kappa shape index (κ1) is 10.3. The molecule has 0 unspecified atom stereocenters. The largest absolute Gasteiger partial charge is 0.233 e. The van der Waals surface area contributed by atoms with Gasteiger partial charge in [0.25, 0.3) is 0 Å². The van der Waals surface area contributed by atoms with E-state index >= 15 is 0 Å². The van der Waals surface area contributed by atoms with Crippen molar-refractivity contribution in [3.05, 3.63) is 32.3 Å². The van der Waals surface area contributed by atoms with Crippen molar-refractivity contribution in [1.29, 1.82) is 0 Å². The highest BCUT2D eigenvalue weighted by Gasteiger charge is 2.05. The second kappa shape index (κ2) is 4.08. The predicted molar refractivity (Wildman–Crippen MR) is 65.5 cm³/mol. The third-order valence-electron chi connectivity index (χ3n) is 1.62. The van der Waals surface area contributed by atoms with Crippen LogP contribution in [0.5, 0.6) is 0 Å². The van der Waals surface area contributed by atoms with Gasteiger partial charge in [-0.3, -0.25) is 0 Å². The molecule has 0 aliphatic rings. The smallest absolute Gasteiger partial charge is 0.170 e. The summed E-state index contributed by atoms with van der Waals surface area (Å²) in [5, 5.41) is 0. The average Bonchev–Trinajstić information content (AvgIpc) is 2.50. The Hall–Kier alpha value is -0.260. The van der Waals surface area contributed by atoms with Crippen LogP contribution in [0.1, 0.15) is 5.69 Å². The number of thiophene rings is 1. The maximum Gasteiger partial charge on any atom is 0.170 e. The van der Waals surface area contributed by atoms with Crippen LogP contribution in [0.2, 0.25) is 0 Å². The first-order valence-electron chi connectivity index (χ1n) is 3.92. The van der Waals surface area contributed by atoms with E-state index in [9.17, 15) is 0 Å². The van der Waals surface area contributed by atoms with Gasteiger partial charge in [-0.1, -0.05) is 0 Å². The highest BCUT2D eigenvalue weighted by Crippen LogP contribution is 2.29. The van der Waals surface area contributed by atoms with Crippen molar-refractivity contribution in [2.24, 2.45) is 0 Å². The number of aromatic nitrogens is 2. The summed E-state index contributed by atoms with van der Waals surface area (Å²) in [6.07, 6.45) is 0. The van der Waals surface area contributed by atoms with Crippen LogP contribution < -0.4 is 0 Å². The zero-order valence-electron chi connectivity index (χ0n) is 7.29. The Labute approximate surface area is 103 Å². The molecule has 0 radical (unpaired) electrons. The minimum absolute atomic E-state index is 0.771. The van der Waals surface area contributed by atoms with Crippen LogP contribution in [0.3, 0.4) is 0 Å². The number of aryl methyl sites for hydroxylation is 1. The van der Waals surface area contributed by atoms with E-state index in [0.717, 1.165) is 24.8 Å². The van der Waals surface area contributed by atoms with E-state index in [-0.39, 0.29) is 0 Å². The van der Waals surface area contributed by atoms with Crippen molar-refractivity contribution in [3.8, 4) is 10.7 Å². The molecule has 0 saturated heterocycles. The van der Waals surface area contributed by atoms with Gasteiger partial charge in [-0.2, -0.15) is 0 Å². The molecule has 5 heteroatoms. The van der Waals surface area contributed by atoms with Crippen LogP contribution in [0.4, 0.5) is 0 Å². The topological polar surface area (TPSA) is 25.8 Å². The second-order valence-corrected chi connectivity index (χ2v) is 6.03. The first-order chi connectivity index (χ1) is 6.65. The summed E-state index contributed by atoms with van der Waals surface area (Å²) in [6.45, 7) is 1.96. The lowest BCUT2D eigenvalue weighted by Gasteiger charge is -1.98. The third-order valence-corrected chi connectivity index (χ3v) is 3.64. The summed E-state index contributed by atoms with van der Waals surface area (Å²) in [7, 11) is 0. The number of nitrogens with zero attached hydrogens (tertiary/aromatic N) is 2. The molecule has 2 heterocycles. The lowest BCUT2D eigenvalue weighted by Crippen LogP contribution is -1.90. The Kier molecular flexibility index (Phi) is 2.99. The molecule has 0 aromatic carbocycles. The molecule has 0 atom stereocenters. The molecule has 0 aliphatic heterocycles. The fourth-order valence-electron chi connectivity index (χ4n) is 1.07. The second-order valence-electron chi connectivity index (χ2n) is 2.76. The Morgan fingerprint density at radius 3 is 2.57 bits per heavy atom. The van der Waals surface area contributed by atoms with Crippen LogP contribution in [-0.4, -0.2) is 9.97 Å². The Morgan fingerprint density at radius 2 is 2.00 bits per heavy atom. The number of rotatable bonds is 1. The normalized spacial score (nSPS) is 10.5. The fourth-order valence-corrected chi connectivity index (χ4v) is 2.89. The third kappa shape index (κ3) is 2.21. The van der Waals surface area contributed by atoms with Gasteiger partial charge >= 0.3 is 0 Å². The van der Waals surface area contributed by atoms with Crippen LogP contribution in [0.15, 0.2) is 26.6 Å². The molecular weight excluding hydrogens is 328 g/mol. The van der Waals surface area contributed by atoms with E-state index in [4.69, 9.17) is 0 Å². The average molecular weight is 334 g/mol. The molecule has 72 valence electrons. The Balaban J connectivity index is 2.51. The number of halogens is 2. The van der Waals surface area contributed by atoms with E-state index in [2.05, 4.69) is 41.8 Å². The molecule has 0 saturated carbocycles. The molecule has 0 bridgehead atoms. The molecule has 0 aliphatic carbocycles. The van der Waals surface area contributed by atoms with Gasteiger partial charge in [-0.05, 0) is 57.0 Å². The van der Waals surface area contributed by atoms with Crippen LogP contribution in [0.25, 0.3) is 10.7 Å². The highest BCUT2D eigenvalue weighted by molar-refractivity contribution is 9.11. The number of hydrogen-bond donors (Lipinski definition) is 0. The molecule has 2 aromatic heterocycles. The van der Waals surface area contributed by atoms with Crippen molar-refractivity contribution < 1.29 is 0 Å². The predicted octanol–water partition coefficient (Wildman–Crippen LogP) is 4.04. The first-order valence-corrected chi connectivity index (χ1v) is 6.32. The molecule has 0 fully saturated rings. The van der Waals surface area contributed by atoms with Gasteiger partial charge in [0.15, 0.2) is 5.82 Å². The zero-order chi connectivity index (χ0) is 10.1. The minimum Gasteiger partial charge on any atom is -0.233 e. The summed E-state index contributed by atoms with van der Waals surface area (Å²) in [4.78, 5) is 9.75. The van der Waals surface area contributed by atoms with E-state index in [1.165, 1.54) is 0 Å². The van der Waals surface area contributed by atoms with Gasteiger partial charge in [0, 0.05) is 5.69 Å². The van der Waals surface area contributed by atoms with E-state index in [1.807, 2.05) is 25.1 Å². The van der Waals surface area contributed by atoms with Gasteiger partial charge in [-0.25, -0.2) is 9.97 Å². The molecule has 2 aromatic rings. The van der Waals surface area contributed by atoms with Crippen LogP contribution in [-0.2, 0) is 0 Å². The maximum atomic E-state index is 4.37. The molecule has 2 rings (SSSR count). The zero-order valence-corrected chi connectivity index (χ0v) is 11.3. The summed E-state index contributed by atoms with van der Waals surface area (Å²) in [5.41, 5.74) is 0.964. The highest BCUT2D eigenvalue weighted by atomic mass is 79.9. The molecular formula is C9H6Br2N2S. The molecule has 0 amide bonds. The van der Waals surface area contributed by atoms with Crippen molar-refractivity contribution in [2.45, 2.75) is 6.92 Å². The monoisotopic (exact) mass is 332 g/mol. The molecule has 0 spiro atoms. The van der Waals surface area contributed by atoms with Crippen LogP contribution >= 0.6 is 43.2 Å². The molecule has 2 nitrogen and oxygen atoms in total. The van der Waals surface area contributed by atoms with Gasteiger partial charge < -0.3 is 0 Å². The van der Waals surface area contributed by atoms with E-state index in [0.29, 0.717) is 0 Å². The standard InChI is InChI=1S/C9H6Br2N2S/c1-5-4-7(10)13-9(12-5)6-2-3-8(11)14-6/h2-4H,1H3. The summed E-state index contributed by atoms with van der Waals surface area (Å²) < 4.78 is 1.92.